The maximum atomic E-state index is 5.39. The standard InChI is InChI=1S/C11H15N5S/c1-3-8-4-10(16-12)15-9(14-8)5-11-13-7(2)6-17-11/h4,6H,3,5,12H2,1-2H3,(H,14,15,16). The van der Waals surface area contributed by atoms with E-state index in [0.29, 0.717) is 12.2 Å². The average molecular weight is 249 g/mol. The van der Waals surface area contributed by atoms with Crippen molar-refractivity contribution in [2.45, 2.75) is 26.7 Å². The number of hydrogen-bond acceptors (Lipinski definition) is 6. The minimum absolute atomic E-state index is 0.653. The van der Waals surface area contributed by atoms with E-state index >= 15 is 0 Å². The quantitative estimate of drug-likeness (QED) is 0.637. The number of nitrogens with two attached hydrogens (primary N) is 1. The molecule has 0 bridgehead atoms. The first-order valence-electron chi connectivity index (χ1n) is 5.45. The molecule has 0 fully saturated rings. The number of aryl methyl sites for hydroxylation is 2. The van der Waals surface area contributed by atoms with Gasteiger partial charge in [-0.25, -0.2) is 20.8 Å². The van der Waals surface area contributed by atoms with Gasteiger partial charge >= 0.3 is 0 Å². The zero-order chi connectivity index (χ0) is 12.3. The zero-order valence-electron chi connectivity index (χ0n) is 9.90. The second-order valence-electron chi connectivity index (χ2n) is 3.72. The molecule has 0 spiro atoms. The lowest BCUT2D eigenvalue weighted by atomic mass is 10.3. The highest BCUT2D eigenvalue weighted by Gasteiger charge is 2.06. The first-order valence-corrected chi connectivity index (χ1v) is 6.33. The Morgan fingerprint density at radius 3 is 2.76 bits per heavy atom. The normalized spacial score (nSPS) is 10.5. The molecule has 0 aliphatic carbocycles. The number of anilines is 1. The molecule has 0 amide bonds. The Morgan fingerprint density at radius 2 is 2.18 bits per heavy atom. The van der Waals surface area contributed by atoms with Crippen LogP contribution in [0.25, 0.3) is 0 Å². The number of thiazole rings is 1. The van der Waals surface area contributed by atoms with Crippen molar-refractivity contribution in [3.8, 4) is 0 Å². The van der Waals surface area contributed by atoms with Crippen LogP contribution >= 0.6 is 11.3 Å². The Balaban J connectivity index is 2.25. The fourth-order valence-electron chi connectivity index (χ4n) is 1.51. The summed E-state index contributed by atoms with van der Waals surface area (Å²) in [6.45, 7) is 4.04. The summed E-state index contributed by atoms with van der Waals surface area (Å²) in [5, 5.41) is 3.06. The number of nitrogens with one attached hydrogen (secondary N) is 1. The van der Waals surface area contributed by atoms with Gasteiger partial charge in [0.2, 0.25) is 0 Å². The topological polar surface area (TPSA) is 76.7 Å². The lowest BCUT2D eigenvalue weighted by Gasteiger charge is -2.05. The lowest BCUT2D eigenvalue weighted by molar-refractivity contribution is 0.898. The molecule has 90 valence electrons. The molecule has 2 aromatic rings. The van der Waals surface area contributed by atoms with E-state index in [0.717, 1.165) is 28.6 Å². The third-order valence-electron chi connectivity index (χ3n) is 2.31. The summed E-state index contributed by atoms with van der Waals surface area (Å²) in [6, 6.07) is 1.86. The van der Waals surface area contributed by atoms with E-state index in [2.05, 4.69) is 27.3 Å². The molecular formula is C11H15N5S. The summed E-state index contributed by atoms with van der Waals surface area (Å²) in [5.41, 5.74) is 4.58. The molecule has 0 aliphatic rings. The average Bonchev–Trinajstić information content (AvgIpc) is 2.74. The summed E-state index contributed by atoms with van der Waals surface area (Å²) in [4.78, 5) is 13.2. The van der Waals surface area contributed by atoms with Gasteiger partial charge in [0.1, 0.15) is 16.6 Å². The van der Waals surface area contributed by atoms with Crippen LogP contribution in [-0.4, -0.2) is 15.0 Å². The Labute approximate surface area is 104 Å². The highest BCUT2D eigenvalue weighted by molar-refractivity contribution is 7.09. The second-order valence-corrected chi connectivity index (χ2v) is 4.66. The monoisotopic (exact) mass is 249 g/mol. The molecule has 3 N–H and O–H groups in total. The van der Waals surface area contributed by atoms with Crippen LogP contribution in [0.4, 0.5) is 5.82 Å². The van der Waals surface area contributed by atoms with E-state index in [-0.39, 0.29) is 0 Å². The second kappa shape index (κ2) is 5.20. The summed E-state index contributed by atoms with van der Waals surface area (Å²) in [6.07, 6.45) is 1.52. The third-order valence-corrected chi connectivity index (χ3v) is 3.28. The van der Waals surface area contributed by atoms with Gasteiger partial charge < -0.3 is 5.43 Å². The first kappa shape index (κ1) is 11.9. The highest BCUT2D eigenvalue weighted by atomic mass is 32.1. The van der Waals surface area contributed by atoms with Gasteiger partial charge in [0.05, 0.1) is 6.42 Å². The Kier molecular flexibility index (Phi) is 3.65. The van der Waals surface area contributed by atoms with Crippen molar-refractivity contribution in [3.05, 3.63) is 33.7 Å². The number of nitrogen functional groups attached to an aromatic ring is 1. The molecule has 2 aromatic heterocycles. The van der Waals surface area contributed by atoms with Gasteiger partial charge in [0.25, 0.3) is 0 Å². The van der Waals surface area contributed by atoms with E-state index < -0.39 is 0 Å². The summed E-state index contributed by atoms with van der Waals surface area (Å²) < 4.78 is 0. The van der Waals surface area contributed by atoms with Gasteiger partial charge in [-0.2, -0.15) is 0 Å². The molecule has 2 heterocycles. The van der Waals surface area contributed by atoms with Crippen molar-refractivity contribution < 1.29 is 0 Å². The fraction of sp³-hybridized carbons (Fsp3) is 0.364. The molecule has 0 aromatic carbocycles. The number of nitrogens with zero attached hydrogens (tertiary/aromatic N) is 3. The van der Waals surface area contributed by atoms with Crippen molar-refractivity contribution >= 4 is 17.2 Å². The molecule has 5 nitrogen and oxygen atoms in total. The van der Waals surface area contributed by atoms with Crippen molar-refractivity contribution in [2.75, 3.05) is 5.43 Å². The zero-order valence-corrected chi connectivity index (χ0v) is 10.7. The Bertz CT molecular complexity index is 486. The predicted molar refractivity (Wildman–Crippen MR) is 68.9 cm³/mol. The van der Waals surface area contributed by atoms with E-state index in [9.17, 15) is 0 Å². The SMILES string of the molecule is CCc1cc(NN)nc(Cc2nc(C)cs2)n1. The molecule has 0 atom stereocenters. The molecule has 2 rings (SSSR count). The summed E-state index contributed by atoms with van der Waals surface area (Å²) >= 11 is 1.63. The number of hydrogen-bond donors (Lipinski definition) is 2. The van der Waals surface area contributed by atoms with Crippen LogP contribution in [0.1, 0.15) is 29.1 Å². The van der Waals surface area contributed by atoms with Crippen LogP contribution < -0.4 is 11.3 Å². The van der Waals surface area contributed by atoms with Crippen molar-refractivity contribution in [1.82, 2.24) is 15.0 Å². The molecule has 0 unspecified atom stereocenters. The van der Waals surface area contributed by atoms with Gasteiger partial charge in [-0.15, -0.1) is 11.3 Å². The minimum Gasteiger partial charge on any atom is -0.308 e. The van der Waals surface area contributed by atoms with Crippen molar-refractivity contribution in [1.29, 1.82) is 0 Å². The van der Waals surface area contributed by atoms with Crippen LogP contribution in [0.15, 0.2) is 11.4 Å². The number of rotatable bonds is 4. The third kappa shape index (κ3) is 2.98. The van der Waals surface area contributed by atoms with Crippen LogP contribution in [0.2, 0.25) is 0 Å². The minimum atomic E-state index is 0.653. The van der Waals surface area contributed by atoms with E-state index in [1.54, 1.807) is 11.3 Å². The van der Waals surface area contributed by atoms with Gasteiger partial charge in [-0.3, -0.25) is 0 Å². The number of hydrazine groups is 1. The molecule has 0 saturated carbocycles. The molecule has 6 heteroatoms. The molecule has 0 saturated heterocycles. The maximum Gasteiger partial charge on any atom is 0.143 e. The molecule has 17 heavy (non-hydrogen) atoms. The smallest absolute Gasteiger partial charge is 0.143 e. The van der Waals surface area contributed by atoms with Crippen molar-refractivity contribution in [2.24, 2.45) is 5.84 Å². The van der Waals surface area contributed by atoms with E-state index in [4.69, 9.17) is 5.84 Å². The van der Waals surface area contributed by atoms with Gasteiger partial charge in [-0.05, 0) is 13.3 Å². The molecule has 0 aliphatic heterocycles. The molecule has 0 radical (unpaired) electrons. The van der Waals surface area contributed by atoms with E-state index in [1.807, 2.05) is 18.4 Å². The van der Waals surface area contributed by atoms with Crippen LogP contribution in [0.5, 0.6) is 0 Å². The predicted octanol–water partition coefficient (Wildman–Crippen LogP) is 1.68. The largest absolute Gasteiger partial charge is 0.308 e. The van der Waals surface area contributed by atoms with Crippen LogP contribution in [0.3, 0.4) is 0 Å². The maximum absolute atomic E-state index is 5.39. The van der Waals surface area contributed by atoms with Crippen LogP contribution in [0, 0.1) is 6.92 Å². The highest BCUT2D eigenvalue weighted by Crippen LogP contribution is 2.14. The number of aromatic nitrogens is 3. The van der Waals surface area contributed by atoms with Gasteiger partial charge in [0.15, 0.2) is 0 Å². The van der Waals surface area contributed by atoms with Gasteiger partial charge in [-0.1, -0.05) is 6.92 Å². The van der Waals surface area contributed by atoms with E-state index in [1.165, 1.54) is 0 Å². The lowest BCUT2D eigenvalue weighted by Crippen LogP contribution is -2.11. The Morgan fingerprint density at radius 1 is 1.35 bits per heavy atom. The van der Waals surface area contributed by atoms with Gasteiger partial charge in [0, 0.05) is 22.8 Å². The fourth-order valence-corrected chi connectivity index (χ4v) is 2.27. The summed E-state index contributed by atoms with van der Waals surface area (Å²) in [7, 11) is 0. The molecular weight excluding hydrogens is 234 g/mol. The first-order chi connectivity index (χ1) is 8.21. The summed E-state index contributed by atoms with van der Waals surface area (Å²) in [5.74, 6) is 6.80. The van der Waals surface area contributed by atoms with Crippen molar-refractivity contribution in [3.63, 3.8) is 0 Å². The Hall–Kier alpha value is -1.53. The van der Waals surface area contributed by atoms with Crippen LogP contribution in [-0.2, 0) is 12.8 Å².